The fourth-order valence-corrected chi connectivity index (χ4v) is 3.02. The summed E-state index contributed by atoms with van der Waals surface area (Å²) in [5.41, 5.74) is -0.924. The molecule has 9 heteroatoms. The minimum Gasteiger partial charge on any atom is -0.353 e. The molecule has 3 rings (SSSR count). The van der Waals surface area contributed by atoms with Crippen LogP contribution in [-0.4, -0.2) is 47.1 Å². The van der Waals surface area contributed by atoms with E-state index in [1.165, 1.54) is 11.9 Å². The van der Waals surface area contributed by atoms with E-state index in [1.807, 2.05) is 0 Å². The molecule has 1 aromatic rings. The lowest BCUT2D eigenvalue weighted by molar-refractivity contribution is -0.139. The van der Waals surface area contributed by atoms with E-state index in [2.05, 4.69) is 5.32 Å². The van der Waals surface area contributed by atoms with Gasteiger partial charge in [0.25, 0.3) is 11.5 Å². The third-order valence-electron chi connectivity index (χ3n) is 3.91. The quantitative estimate of drug-likeness (QED) is 0.870. The molecule has 23 heavy (non-hydrogen) atoms. The van der Waals surface area contributed by atoms with Gasteiger partial charge >= 0.3 is 0 Å². The monoisotopic (exact) mass is 345 g/mol. The normalized spacial score (nSPS) is 22.9. The summed E-state index contributed by atoms with van der Waals surface area (Å²) in [4.78, 5) is 25.8. The Kier molecular flexibility index (Phi) is 3.86. The van der Waals surface area contributed by atoms with Gasteiger partial charge in [-0.15, -0.1) is 0 Å². The van der Waals surface area contributed by atoms with Crippen molar-refractivity contribution < 1.29 is 18.7 Å². The van der Waals surface area contributed by atoms with Crippen LogP contribution in [0.25, 0.3) is 0 Å². The van der Waals surface area contributed by atoms with Gasteiger partial charge < -0.3 is 19.7 Å². The van der Waals surface area contributed by atoms with Crippen LogP contribution >= 0.6 is 11.6 Å². The zero-order chi connectivity index (χ0) is 16.9. The highest BCUT2D eigenvalue weighted by molar-refractivity contribution is 6.34. The molecule has 0 saturated carbocycles. The molecule has 1 fully saturated rings. The van der Waals surface area contributed by atoms with E-state index < -0.39 is 28.1 Å². The number of halogens is 2. The van der Waals surface area contributed by atoms with Crippen LogP contribution in [0.2, 0.25) is 5.02 Å². The number of carbonyl (C=O) groups excluding carboxylic acids is 1. The zero-order valence-electron chi connectivity index (χ0n) is 13.0. The van der Waals surface area contributed by atoms with E-state index in [0.29, 0.717) is 6.61 Å². The summed E-state index contributed by atoms with van der Waals surface area (Å²) in [5, 5.41) is 2.47. The van der Waals surface area contributed by atoms with Gasteiger partial charge in [0.05, 0.1) is 24.8 Å². The number of amides is 1. The SMILES string of the molecule is Cn1c2c(c(Cl)c(F)c1=O)C(=O)N(C[C@@H]1COC(C)(C)O1)CN2. The van der Waals surface area contributed by atoms with Gasteiger partial charge in [0.2, 0.25) is 5.82 Å². The molecule has 0 unspecified atom stereocenters. The molecule has 2 aliphatic rings. The summed E-state index contributed by atoms with van der Waals surface area (Å²) < 4.78 is 26.1. The van der Waals surface area contributed by atoms with Crippen LogP contribution in [0.15, 0.2) is 4.79 Å². The first kappa shape index (κ1) is 16.2. The lowest BCUT2D eigenvalue weighted by atomic mass is 10.1. The molecular weight excluding hydrogens is 329 g/mol. The molecule has 3 heterocycles. The Labute approximate surface area is 136 Å². The van der Waals surface area contributed by atoms with Crippen molar-refractivity contribution in [2.75, 3.05) is 25.1 Å². The smallest absolute Gasteiger partial charge is 0.289 e. The molecule has 1 amide bonds. The topological polar surface area (TPSA) is 72.8 Å². The molecule has 0 aromatic carbocycles. The van der Waals surface area contributed by atoms with E-state index in [1.54, 1.807) is 13.8 Å². The Balaban J connectivity index is 1.88. The lowest BCUT2D eigenvalue weighted by Gasteiger charge is -2.32. The summed E-state index contributed by atoms with van der Waals surface area (Å²) in [6.45, 7) is 4.39. The minimum atomic E-state index is -1.13. The number of rotatable bonds is 2. The summed E-state index contributed by atoms with van der Waals surface area (Å²) >= 11 is 5.88. The number of hydrogen-bond acceptors (Lipinski definition) is 5. The third kappa shape index (κ3) is 2.71. The highest BCUT2D eigenvalue weighted by atomic mass is 35.5. The van der Waals surface area contributed by atoms with Gasteiger partial charge in [-0.1, -0.05) is 11.6 Å². The highest BCUT2D eigenvalue weighted by Crippen LogP contribution is 2.30. The zero-order valence-corrected chi connectivity index (χ0v) is 13.7. The molecule has 0 bridgehead atoms. The second kappa shape index (κ2) is 5.47. The first-order valence-corrected chi connectivity index (χ1v) is 7.52. The van der Waals surface area contributed by atoms with E-state index in [0.717, 1.165) is 4.57 Å². The van der Waals surface area contributed by atoms with Gasteiger partial charge in [0, 0.05) is 7.05 Å². The molecular formula is C14H17ClFN3O4. The Morgan fingerprint density at radius 1 is 1.43 bits per heavy atom. The van der Waals surface area contributed by atoms with E-state index in [-0.39, 0.29) is 30.7 Å². The van der Waals surface area contributed by atoms with Crippen LogP contribution in [0.5, 0.6) is 0 Å². The van der Waals surface area contributed by atoms with Crippen molar-refractivity contribution in [3.05, 3.63) is 26.8 Å². The molecule has 1 aromatic heterocycles. The van der Waals surface area contributed by atoms with Gasteiger partial charge in [-0.2, -0.15) is 4.39 Å². The Morgan fingerprint density at radius 3 is 2.74 bits per heavy atom. The Bertz CT molecular complexity index is 734. The molecule has 7 nitrogen and oxygen atoms in total. The number of carbonyl (C=O) groups is 1. The maximum atomic E-state index is 13.9. The van der Waals surface area contributed by atoms with Crippen LogP contribution in [0.3, 0.4) is 0 Å². The third-order valence-corrected chi connectivity index (χ3v) is 4.26. The van der Waals surface area contributed by atoms with Crippen LogP contribution in [-0.2, 0) is 16.5 Å². The lowest BCUT2D eigenvalue weighted by Crippen LogP contribution is -2.47. The number of fused-ring (bicyclic) bond motifs is 1. The summed E-state index contributed by atoms with van der Waals surface area (Å²) in [5.74, 6) is -2.06. The Hall–Kier alpha value is -1.64. The van der Waals surface area contributed by atoms with Crippen molar-refractivity contribution in [1.29, 1.82) is 0 Å². The maximum absolute atomic E-state index is 13.9. The van der Waals surface area contributed by atoms with Crippen molar-refractivity contribution in [1.82, 2.24) is 9.47 Å². The molecule has 1 saturated heterocycles. The molecule has 0 radical (unpaired) electrons. The summed E-state index contributed by atoms with van der Waals surface area (Å²) in [6, 6.07) is 0. The minimum absolute atomic E-state index is 0.0457. The van der Waals surface area contributed by atoms with Gasteiger partial charge in [-0.25, -0.2) is 0 Å². The van der Waals surface area contributed by atoms with Crippen molar-refractivity contribution in [2.24, 2.45) is 7.05 Å². The number of nitrogens with one attached hydrogen (secondary N) is 1. The second-order valence-electron chi connectivity index (χ2n) is 6.03. The van der Waals surface area contributed by atoms with E-state index in [4.69, 9.17) is 21.1 Å². The maximum Gasteiger partial charge on any atom is 0.289 e. The molecule has 0 spiro atoms. The van der Waals surface area contributed by atoms with Crippen molar-refractivity contribution >= 4 is 23.3 Å². The van der Waals surface area contributed by atoms with E-state index >= 15 is 0 Å². The summed E-state index contributed by atoms with van der Waals surface area (Å²) in [7, 11) is 1.38. The van der Waals surface area contributed by atoms with Gasteiger partial charge in [0.15, 0.2) is 5.79 Å². The average molecular weight is 346 g/mol. The number of ether oxygens (including phenoxy) is 2. The average Bonchev–Trinajstić information content (AvgIpc) is 2.83. The van der Waals surface area contributed by atoms with Gasteiger partial charge in [-0.05, 0) is 13.8 Å². The van der Waals surface area contributed by atoms with Gasteiger partial charge in [0.1, 0.15) is 17.5 Å². The summed E-state index contributed by atoms with van der Waals surface area (Å²) in [6.07, 6.45) is -0.284. The fraction of sp³-hybridized carbons (Fsp3) is 0.571. The van der Waals surface area contributed by atoms with Crippen molar-refractivity contribution in [2.45, 2.75) is 25.7 Å². The number of aromatic nitrogens is 1. The number of pyridine rings is 1. The molecule has 126 valence electrons. The molecule has 1 atom stereocenters. The van der Waals surface area contributed by atoms with E-state index in [9.17, 15) is 14.0 Å². The highest BCUT2D eigenvalue weighted by Gasteiger charge is 2.37. The fourth-order valence-electron chi connectivity index (χ4n) is 2.77. The predicted octanol–water partition coefficient (Wildman–Crippen LogP) is 1.15. The van der Waals surface area contributed by atoms with Crippen LogP contribution in [0.4, 0.5) is 10.2 Å². The number of hydrogen-bond donors (Lipinski definition) is 1. The first-order valence-electron chi connectivity index (χ1n) is 7.14. The number of anilines is 1. The molecule has 1 N–H and O–H groups in total. The standard InChI is InChI=1S/C14H17ClFN3O4/c1-14(2)22-5-7(23-14)4-19-6-17-11-8(12(19)20)9(15)10(16)13(21)18(11)3/h7,17H,4-6H2,1-3H3/t7-/m1/s1. The van der Waals surface area contributed by atoms with Crippen LogP contribution in [0.1, 0.15) is 24.2 Å². The molecule has 2 aliphatic heterocycles. The van der Waals surface area contributed by atoms with Crippen LogP contribution < -0.4 is 10.9 Å². The van der Waals surface area contributed by atoms with Gasteiger partial charge in [-0.3, -0.25) is 14.2 Å². The van der Waals surface area contributed by atoms with Crippen LogP contribution in [0, 0.1) is 5.82 Å². The predicted molar refractivity (Wildman–Crippen MR) is 81.1 cm³/mol. The first-order chi connectivity index (χ1) is 10.7. The number of nitrogens with zero attached hydrogens (tertiary/aromatic N) is 2. The molecule has 0 aliphatic carbocycles. The second-order valence-corrected chi connectivity index (χ2v) is 6.41. The Morgan fingerprint density at radius 2 is 2.13 bits per heavy atom. The largest absolute Gasteiger partial charge is 0.353 e. The van der Waals surface area contributed by atoms with Crippen molar-refractivity contribution in [3.8, 4) is 0 Å². The van der Waals surface area contributed by atoms with Crippen molar-refractivity contribution in [3.63, 3.8) is 0 Å².